The molecule has 1 aliphatic heterocycles. The Balaban J connectivity index is 2.02. The van der Waals surface area contributed by atoms with E-state index in [0.717, 1.165) is 19.7 Å². The minimum Gasteiger partial charge on any atom is -0.374 e. The van der Waals surface area contributed by atoms with E-state index in [0.29, 0.717) is 6.54 Å². The number of aromatic nitrogens is 2. The van der Waals surface area contributed by atoms with Gasteiger partial charge in [0.2, 0.25) is 0 Å². The molecular formula is C10H17N3O2. The van der Waals surface area contributed by atoms with Crippen molar-refractivity contribution in [2.75, 3.05) is 26.7 Å². The van der Waals surface area contributed by atoms with Crippen LogP contribution in [0.25, 0.3) is 0 Å². The summed E-state index contributed by atoms with van der Waals surface area (Å²) < 4.78 is 8.88. The van der Waals surface area contributed by atoms with Crippen LogP contribution in [0.15, 0.2) is 17.2 Å². The van der Waals surface area contributed by atoms with E-state index in [9.17, 15) is 4.79 Å². The molecule has 1 aliphatic rings. The Bertz CT molecular complexity index is 382. The first-order chi connectivity index (χ1) is 7.16. The number of hydrogen-bond acceptors (Lipinski definition) is 3. The van der Waals surface area contributed by atoms with Crippen LogP contribution < -0.4 is 5.69 Å². The smallest absolute Gasteiger partial charge is 0.327 e. The van der Waals surface area contributed by atoms with Crippen LogP contribution in [0.1, 0.15) is 0 Å². The quantitative estimate of drug-likeness (QED) is 0.663. The lowest BCUT2D eigenvalue weighted by atomic mass is 10.3. The zero-order chi connectivity index (χ0) is 10.8. The summed E-state index contributed by atoms with van der Waals surface area (Å²) in [7, 11) is 3.83. The van der Waals surface area contributed by atoms with Crippen LogP contribution in [-0.2, 0) is 18.3 Å². The molecule has 0 amide bonds. The van der Waals surface area contributed by atoms with Gasteiger partial charge in [-0.25, -0.2) is 4.79 Å². The average Bonchev–Trinajstić information content (AvgIpc) is 2.50. The van der Waals surface area contributed by atoms with Crippen molar-refractivity contribution in [3.05, 3.63) is 22.9 Å². The third kappa shape index (κ3) is 2.30. The second-order valence-electron chi connectivity index (χ2n) is 4.10. The number of morpholine rings is 1. The molecule has 2 rings (SSSR count). The van der Waals surface area contributed by atoms with E-state index in [2.05, 4.69) is 11.9 Å². The van der Waals surface area contributed by atoms with Crippen LogP contribution in [0.4, 0.5) is 0 Å². The lowest BCUT2D eigenvalue weighted by Gasteiger charge is -2.29. The number of nitrogens with zero attached hydrogens (tertiary/aromatic N) is 3. The first-order valence-corrected chi connectivity index (χ1v) is 5.19. The molecule has 84 valence electrons. The molecule has 5 heteroatoms. The summed E-state index contributed by atoms with van der Waals surface area (Å²) in [6, 6.07) is 0. The minimum absolute atomic E-state index is 0.0202. The molecule has 0 aliphatic carbocycles. The Morgan fingerprint density at radius 2 is 2.27 bits per heavy atom. The molecule has 1 unspecified atom stereocenters. The monoisotopic (exact) mass is 211 g/mol. The lowest BCUT2D eigenvalue weighted by molar-refractivity contribution is -0.0279. The Labute approximate surface area is 88.9 Å². The number of hydrogen-bond donors (Lipinski definition) is 0. The molecule has 5 nitrogen and oxygen atoms in total. The predicted octanol–water partition coefficient (Wildman–Crippen LogP) is -0.483. The third-order valence-electron chi connectivity index (χ3n) is 2.76. The molecule has 0 bridgehead atoms. The molecule has 2 heterocycles. The maximum atomic E-state index is 11.6. The summed E-state index contributed by atoms with van der Waals surface area (Å²) in [6.07, 6.45) is 3.71. The molecule has 15 heavy (non-hydrogen) atoms. The van der Waals surface area contributed by atoms with Gasteiger partial charge in [-0.2, -0.15) is 0 Å². The van der Waals surface area contributed by atoms with Crippen molar-refractivity contribution >= 4 is 0 Å². The van der Waals surface area contributed by atoms with Gasteiger partial charge in [-0.15, -0.1) is 0 Å². The fourth-order valence-electron chi connectivity index (χ4n) is 1.85. The van der Waals surface area contributed by atoms with Crippen LogP contribution >= 0.6 is 0 Å². The van der Waals surface area contributed by atoms with Gasteiger partial charge in [0.1, 0.15) is 0 Å². The first kappa shape index (κ1) is 10.4. The highest BCUT2D eigenvalue weighted by Gasteiger charge is 2.18. The zero-order valence-electron chi connectivity index (χ0n) is 9.22. The van der Waals surface area contributed by atoms with E-state index in [1.165, 1.54) is 0 Å². The minimum atomic E-state index is 0.0202. The summed E-state index contributed by atoms with van der Waals surface area (Å²) >= 11 is 0. The normalized spacial score (nSPS) is 23.2. The Hall–Kier alpha value is -1.07. The van der Waals surface area contributed by atoms with Crippen LogP contribution in [0.5, 0.6) is 0 Å². The van der Waals surface area contributed by atoms with Gasteiger partial charge < -0.3 is 14.2 Å². The first-order valence-electron chi connectivity index (χ1n) is 5.19. The number of likely N-dealkylation sites (N-methyl/N-ethyl adjacent to an activating group) is 1. The van der Waals surface area contributed by atoms with Crippen molar-refractivity contribution in [2.24, 2.45) is 7.05 Å². The van der Waals surface area contributed by atoms with Crippen molar-refractivity contribution < 1.29 is 4.74 Å². The summed E-state index contributed by atoms with van der Waals surface area (Å²) in [5.41, 5.74) is 0.0202. The largest absolute Gasteiger partial charge is 0.374 e. The van der Waals surface area contributed by atoms with Crippen molar-refractivity contribution in [1.82, 2.24) is 14.0 Å². The standard InChI is InChI=1S/C10H17N3O2/c1-11-5-6-15-9(7-11)8-13-4-3-12(2)10(13)14/h3-4,9H,5-8H2,1-2H3. The van der Waals surface area contributed by atoms with Crippen molar-refractivity contribution in [3.63, 3.8) is 0 Å². The second-order valence-corrected chi connectivity index (χ2v) is 4.10. The molecule has 1 saturated heterocycles. The van der Waals surface area contributed by atoms with Gasteiger partial charge in [-0.1, -0.05) is 0 Å². The van der Waals surface area contributed by atoms with Crippen LogP contribution in [0, 0.1) is 0 Å². The van der Waals surface area contributed by atoms with E-state index >= 15 is 0 Å². The molecule has 0 radical (unpaired) electrons. The maximum Gasteiger partial charge on any atom is 0.327 e. The van der Waals surface area contributed by atoms with Crippen molar-refractivity contribution in [2.45, 2.75) is 12.6 Å². The highest BCUT2D eigenvalue weighted by Crippen LogP contribution is 2.04. The Morgan fingerprint density at radius 1 is 1.47 bits per heavy atom. The molecule has 1 fully saturated rings. The molecule has 1 atom stereocenters. The topological polar surface area (TPSA) is 39.4 Å². The van der Waals surface area contributed by atoms with Gasteiger partial charge in [0.25, 0.3) is 0 Å². The number of aryl methyl sites for hydroxylation is 1. The number of rotatable bonds is 2. The fourth-order valence-corrected chi connectivity index (χ4v) is 1.85. The van der Waals surface area contributed by atoms with E-state index in [1.54, 1.807) is 28.6 Å². The van der Waals surface area contributed by atoms with Gasteiger partial charge in [-0.3, -0.25) is 4.57 Å². The van der Waals surface area contributed by atoms with Gasteiger partial charge in [0.05, 0.1) is 19.3 Å². The second kappa shape index (κ2) is 4.20. The lowest BCUT2D eigenvalue weighted by Crippen LogP contribution is -2.43. The summed E-state index contributed by atoms with van der Waals surface area (Å²) in [5, 5.41) is 0. The highest BCUT2D eigenvalue weighted by atomic mass is 16.5. The van der Waals surface area contributed by atoms with E-state index in [1.807, 2.05) is 0 Å². The molecule has 0 spiro atoms. The number of ether oxygens (including phenoxy) is 1. The van der Waals surface area contributed by atoms with Gasteiger partial charge in [0, 0.05) is 32.5 Å². The zero-order valence-corrected chi connectivity index (χ0v) is 9.22. The van der Waals surface area contributed by atoms with E-state index in [4.69, 9.17) is 4.74 Å². The highest BCUT2D eigenvalue weighted by molar-refractivity contribution is 4.82. The average molecular weight is 211 g/mol. The Morgan fingerprint density at radius 3 is 2.87 bits per heavy atom. The van der Waals surface area contributed by atoms with Gasteiger partial charge in [-0.05, 0) is 7.05 Å². The molecule has 1 aromatic rings. The molecule has 0 N–H and O–H groups in total. The molecule has 0 saturated carbocycles. The van der Waals surface area contributed by atoms with Gasteiger partial charge >= 0.3 is 5.69 Å². The molecule has 1 aromatic heterocycles. The SMILES string of the molecule is CN1CCOC(Cn2ccn(C)c2=O)C1. The fraction of sp³-hybridized carbons (Fsp3) is 0.700. The molecular weight excluding hydrogens is 194 g/mol. The summed E-state index contributed by atoms with van der Waals surface area (Å²) in [5.74, 6) is 0. The van der Waals surface area contributed by atoms with Crippen molar-refractivity contribution in [3.8, 4) is 0 Å². The van der Waals surface area contributed by atoms with Crippen LogP contribution in [-0.4, -0.2) is 46.9 Å². The van der Waals surface area contributed by atoms with Gasteiger partial charge in [0.15, 0.2) is 0 Å². The van der Waals surface area contributed by atoms with Crippen molar-refractivity contribution in [1.29, 1.82) is 0 Å². The number of imidazole rings is 1. The van der Waals surface area contributed by atoms with E-state index in [-0.39, 0.29) is 11.8 Å². The summed E-state index contributed by atoms with van der Waals surface area (Å²) in [4.78, 5) is 13.8. The molecule has 0 aromatic carbocycles. The third-order valence-corrected chi connectivity index (χ3v) is 2.76. The van der Waals surface area contributed by atoms with Crippen LogP contribution in [0.2, 0.25) is 0 Å². The van der Waals surface area contributed by atoms with E-state index < -0.39 is 0 Å². The summed E-state index contributed by atoms with van der Waals surface area (Å²) in [6.45, 7) is 3.26. The van der Waals surface area contributed by atoms with Crippen LogP contribution in [0.3, 0.4) is 0 Å². The predicted molar refractivity (Wildman–Crippen MR) is 56.9 cm³/mol. The maximum absolute atomic E-state index is 11.6. The Kier molecular flexibility index (Phi) is 2.93.